The van der Waals surface area contributed by atoms with Gasteiger partial charge in [-0.3, -0.25) is 18.7 Å². The number of carbonyl (C=O) groups is 2. The van der Waals surface area contributed by atoms with E-state index in [0.717, 1.165) is 0 Å². The number of para-hydroxylation sites is 2. The van der Waals surface area contributed by atoms with Crippen LogP contribution in [0.4, 0.5) is 0 Å². The Morgan fingerprint density at radius 1 is 1.30 bits per heavy atom. The summed E-state index contributed by atoms with van der Waals surface area (Å²) in [4.78, 5) is 34.6. The lowest BCUT2D eigenvalue weighted by Gasteiger charge is -2.09. The number of hydrogen-bond acceptors (Lipinski definition) is 4. The average molecular weight is 277 g/mol. The molecule has 0 aliphatic carbocycles. The van der Waals surface area contributed by atoms with Gasteiger partial charge in [-0.1, -0.05) is 12.1 Å². The van der Waals surface area contributed by atoms with Crippen molar-refractivity contribution in [3.63, 3.8) is 0 Å². The zero-order valence-corrected chi connectivity index (χ0v) is 11.2. The molecule has 0 aliphatic rings. The molecule has 0 bridgehead atoms. The zero-order chi connectivity index (χ0) is 14.9. The van der Waals surface area contributed by atoms with Gasteiger partial charge in [-0.15, -0.1) is 0 Å². The summed E-state index contributed by atoms with van der Waals surface area (Å²) in [7, 11) is 1.62. The summed E-state index contributed by atoms with van der Waals surface area (Å²) in [5.74, 6) is -1.42. The van der Waals surface area contributed by atoms with E-state index in [1.165, 1.54) is 16.1 Å². The number of primary amides is 1. The second-order valence-electron chi connectivity index (χ2n) is 4.45. The van der Waals surface area contributed by atoms with Crippen LogP contribution < -0.4 is 11.4 Å². The highest BCUT2D eigenvalue weighted by molar-refractivity contribution is 5.83. The first-order chi connectivity index (χ1) is 9.41. The van der Waals surface area contributed by atoms with E-state index in [-0.39, 0.29) is 12.2 Å². The average Bonchev–Trinajstić information content (AvgIpc) is 2.64. The Balaban J connectivity index is 2.31. The Bertz CT molecular complexity index is 729. The van der Waals surface area contributed by atoms with Crippen molar-refractivity contribution in [3.8, 4) is 0 Å². The number of esters is 1. The first-order valence-corrected chi connectivity index (χ1v) is 6.05. The quantitative estimate of drug-likeness (QED) is 0.780. The van der Waals surface area contributed by atoms with E-state index in [0.29, 0.717) is 11.0 Å². The van der Waals surface area contributed by atoms with Crippen LogP contribution in [0.3, 0.4) is 0 Å². The SMILES string of the molecule is CC(OC(=O)Cn1c(=O)n(C)c2ccccc21)C(N)=O. The summed E-state index contributed by atoms with van der Waals surface area (Å²) < 4.78 is 7.59. The summed E-state index contributed by atoms with van der Waals surface area (Å²) in [6.07, 6.45) is -1.02. The predicted octanol–water partition coefficient (Wildman–Crippen LogP) is -0.243. The minimum atomic E-state index is -1.02. The molecular weight excluding hydrogens is 262 g/mol. The van der Waals surface area contributed by atoms with Crippen LogP contribution in [0.2, 0.25) is 0 Å². The first-order valence-electron chi connectivity index (χ1n) is 6.05. The number of rotatable bonds is 4. The number of benzene rings is 1. The van der Waals surface area contributed by atoms with Gasteiger partial charge in [-0.05, 0) is 19.1 Å². The number of aromatic nitrogens is 2. The molecule has 0 spiro atoms. The van der Waals surface area contributed by atoms with Crippen LogP contribution in [0.25, 0.3) is 11.0 Å². The number of hydrogen-bond donors (Lipinski definition) is 1. The third-order valence-corrected chi connectivity index (χ3v) is 3.05. The van der Waals surface area contributed by atoms with Gasteiger partial charge in [-0.25, -0.2) is 4.79 Å². The summed E-state index contributed by atoms with van der Waals surface area (Å²) >= 11 is 0. The summed E-state index contributed by atoms with van der Waals surface area (Å²) in [6.45, 7) is 1.11. The van der Waals surface area contributed by atoms with Crippen molar-refractivity contribution in [2.45, 2.75) is 19.6 Å². The van der Waals surface area contributed by atoms with Crippen LogP contribution >= 0.6 is 0 Å². The molecule has 7 nitrogen and oxygen atoms in total. The molecule has 106 valence electrons. The molecule has 0 aliphatic heterocycles. The summed E-state index contributed by atoms with van der Waals surface area (Å²) in [5, 5.41) is 0. The molecule has 7 heteroatoms. The molecule has 2 rings (SSSR count). The highest BCUT2D eigenvalue weighted by atomic mass is 16.5. The van der Waals surface area contributed by atoms with Crippen molar-refractivity contribution in [1.82, 2.24) is 9.13 Å². The standard InChI is InChI=1S/C13H15N3O4/c1-8(12(14)18)20-11(17)7-16-10-6-4-3-5-9(10)15(2)13(16)19/h3-6,8H,7H2,1-2H3,(H2,14,18). The molecule has 2 N–H and O–H groups in total. The zero-order valence-electron chi connectivity index (χ0n) is 11.2. The maximum absolute atomic E-state index is 12.1. The number of nitrogens with two attached hydrogens (primary N) is 1. The van der Waals surface area contributed by atoms with E-state index in [1.807, 2.05) is 0 Å². The van der Waals surface area contributed by atoms with Gasteiger partial charge in [0.2, 0.25) is 0 Å². The lowest BCUT2D eigenvalue weighted by atomic mass is 10.3. The molecule has 1 atom stereocenters. The van der Waals surface area contributed by atoms with Gasteiger partial charge < -0.3 is 10.5 Å². The molecule has 0 fully saturated rings. The highest BCUT2D eigenvalue weighted by Crippen LogP contribution is 2.11. The number of amides is 1. The smallest absolute Gasteiger partial charge is 0.329 e. The van der Waals surface area contributed by atoms with Gasteiger partial charge in [0.1, 0.15) is 6.54 Å². The molecule has 1 heterocycles. The molecular formula is C13H15N3O4. The van der Waals surface area contributed by atoms with Crippen molar-refractivity contribution in [1.29, 1.82) is 0 Å². The van der Waals surface area contributed by atoms with Gasteiger partial charge in [0.15, 0.2) is 6.10 Å². The third kappa shape index (κ3) is 2.42. The van der Waals surface area contributed by atoms with Crippen LogP contribution in [0.5, 0.6) is 0 Å². The van der Waals surface area contributed by atoms with Gasteiger partial charge in [0, 0.05) is 7.05 Å². The lowest BCUT2D eigenvalue weighted by molar-refractivity contribution is -0.154. The second kappa shape index (κ2) is 5.20. The maximum Gasteiger partial charge on any atom is 0.329 e. The minimum Gasteiger partial charge on any atom is -0.451 e. The minimum absolute atomic E-state index is 0.266. The summed E-state index contributed by atoms with van der Waals surface area (Å²) in [5.41, 5.74) is 6.03. The molecule has 1 amide bonds. The number of fused-ring (bicyclic) bond motifs is 1. The van der Waals surface area contributed by atoms with Crippen molar-refractivity contribution in [2.75, 3.05) is 0 Å². The van der Waals surface area contributed by atoms with Crippen LogP contribution in [-0.2, 0) is 27.9 Å². The topological polar surface area (TPSA) is 96.3 Å². The monoisotopic (exact) mass is 277 g/mol. The molecule has 1 unspecified atom stereocenters. The Labute approximate surface area is 114 Å². The Kier molecular flexibility index (Phi) is 3.60. The molecule has 1 aromatic heterocycles. The van der Waals surface area contributed by atoms with Crippen molar-refractivity contribution in [3.05, 3.63) is 34.7 Å². The van der Waals surface area contributed by atoms with E-state index >= 15 is 0 Å². The first kappa shape index (κ1) is 13.9. The fourth-order valence-corrected chi connectivity index (χ4v) is 1.94. The van der Waals surface area contributed by atoms with Crippen molar-refractivity contribution in [2.24, 2.45) is 12.8 Å². The molecule has 0 saturated heterocycles. The number of carbonyl (C=O) groups excluding carboxylic acids is 2. The normalized spacial score (nSPS) is 12.3. The molecule has 1 aromatic carbocycles. The van der Waals surface area contributed by atoms with Gasteiger partial charge in [0.05, 0.1) is 11.0 Å². The fourth-order valence-electron chi connectivity index (χ4n) is 1.94. The number of aryl methyl sites for hydroxylation is 1. The Hall–Kier alpha value is -2.57. The fraction of sp³-hybridized carbons (Fsp3) is 0.308. The maximum atomic E-state index is 12.1. The van der Waals surface area contributed by atoms with E-state index in [1.54, 1.807) is 31.3 Å². The Morgan fingerprint density at radius 2 is 1.90 bits per heavy atom. The van der Waals surface area contributed by atoms with Crippen molar-refractivity contribution < 1.29 is 14.3 Å². The van der Waals surface area contributed by atoms with Crippen LogP contribution in [0.1, 0.15) is 6.92 Å². The number of nitrogens with zero attached hydrogens (tertiary/aromatic N) is 2. The van der Waals surface area contributed by atoms with E-state index in [9.17, 15) is 14.4 Å². The molecule has 2 aromatic rings. The van der Waals surface area contributed by atoms with Crippen LogP contribution in [0, 0.1) is 0 Å². The predicted molar refractivity (Wildman–Crippen MR) is 71.9 cm³/mol. The molecule has 0 saturated carbocycles. The molecule has 0 radical (unpaired) electrons. The Morgan fingerprint density at radius 3 is 2.50 bits per heavy atom. The van der Waals surface area contributed by atoms with E-state index in [4.69, 9.17) is 10.5 Å². The van der Waals surface area contributed by atoms with Gasteiger partial charge >= 0.3 is 11.7 Å². The lowest BCUT2D eigenvalue weighted by Crippen LogP contribution is -2.33. The van der Waals surface area contributed by atoms with Crippen LogP contribution in [-0.4, -0.2) is 27.1 Å². The van der Waals surface area contributed by atoms with Gasteiger partial charge in [-0.2, -0.15) is 0 Å². The van der Waals surface area contributed by atoms with Gasteiger partial charge in [0.25, 0.3) is 5.91 Å². The second-order valence-corrected chi connectivity index (χ2v) is 4.45. The van der Waals surface area contributed by atoms with Crippen molar-refractivity contribution >= 4 is 22.9 Å². The third-order valence-electron chi connectivity index (χ3n) is 3.05. The van der Waals surface area contributed by atoms with E-state index in [2.05, 4.69) is 0 Å². The summed E-state index contributed by atoms with van der Waals surface area (Å²) in [6, 6.07) is 7.10. The molecule has 20 heavy (non-hydrogen) atoms. The van der Waals surface area contributed by atoms with Crippen LogP contribution in [0.15, 0.2) is 29.1 Å². The number of imidazole rings is 1. The largest absolute Gasteiger partial charge is 0.451 e. The van der Waals surface area contributed by atoms with E-state index < -0.39 is 18.0 Å². The number of ether oxygens (including phenoxy) is 1. The highest BCUT2D eigenvalue weighted by Gasteiger charge is 2.18.